The minimum Gasteiger partial charge on any atom is -0.508 e. The van der Waals surface area contributed by atoms with Crippen molar-refractivity contribution in [3.05, 3.63) is 41.5 Å². The summed E-state index contributed by atoms with van der Waals surface area (Å²) in [6.07, 6.45) is 15.8. The first-order valence-corrected chi connectivity index (χ1v) is 10.9. The molecule has 0 aromatic heterocycles. The van der Waals surface area contributed by atoms with Gasteiger partial charge in [0, 0.05) is 17.7 Å². The summed E-state index contributed by atoms with van der Waals surface area (Å²) in [6.45, 7) is 0.711. The predicted octanol–water partition coefficient (Wildman–Crippen LogP) is 4.95. The van der Waals surface area contributed by atoms with Gasteiger partial charge in [0.25, 0.3) is 5.91 Å². The van der Waals surface area contributed by atoms with Crippen molar-refractivity contribution < 1.29 is 9.90 Å². The number of carbonyl (C=O) groups excluding carboxylic acids is 1. The first-order valence-electron chi connectivity index (χ1n) is 10.9. The highest BCUT2D eigenvalue weighted by atomic mass is 16.3. The molecule has 1 aromatic carbocycles. The summed E-state index contributed by atoms with van der Waals surface area (Å²) in [5, 5.41) is 13.8. The van der Waals surface area contributed by atoms with E-state index in [1.807, 2.05) is 6.07 Å². The fourth-order valence-corrected chi connectivity index (χ4v) is 6.92. The Labute approximate surface area is 162 Å². The Bertz CT molecular complexity index is 730. The second-order valence-corrected chi connectivity index (χ2v) is 9.76. The van der Waals surface area contributed by atoms with Gasteiger partial charge in [-0.2, -0.15) is 0 Å². The number of rotatable bonds is 4. The molecule has 6 rings (SSSR count). The molecular weight excluding hydrogens is 334 g/mol. The Kier molecular flexibility index (Phi) is 4.29. The van der Waals surface area contributed by atoms with Crippen molar-refractivity contribution in [1.29, 1.82) is 0 Å². The molecule has 4 bridgehead atoms. The van der Waals surface area contributed by atoms with Crippen LogP contribution in [0.2, 0.25) is 0 Å². The van der Waals surface area contributed by atoms with Crippen LogP contribution < -0.4 is 5.32 Å². The summed E-state index contributed by atoms with van der Waals surface area (Å²) >= 11 is 0. The van der Waals surface area contributed by atoms with Gasteiger partial charge in [-0.1, -0.05) is 12.2 Å². The minimum atomic E-state index is -0.0000446. The van der Waals surface area contributed by atoms with Crippen molar-refractivity contribution in [2.75, 3.05) is 6.54 Å². The van der Waals surface area contributed by atoms with E-state index < -0.39 is 0 Å². The molecule has 3 nitrogen and oxygen atoms in total. The number of carbonyl (C=O) groups is 1. The fraction of sp³-hybridized carbons (Fsp3) is 0.625. The number of hydrogen-bond acceptors (Lipinski definition) is 2. The van der Waals surface area contributed by atoms with Crippen LogP contribution in [0.1, 0.15) is 73.7 Å². The van der Waals surface area contributed by atoms with Gasteiger partial charge in [0.2, 0.25) is 0 Å². The molecule has 4 saturated carbocycles. The van der Waals surface area contributed by atoms with Crippen LogP contribution in [-0.2, 0) is 5.41 Å². The van der Waals surface area contributed by atoms with E-state index in [0.29, 0.717) is 23.8 Å². The number of hydrogen-bond donors (Lipinski definition) is 2. The Morgan fingerprint density at radius 1 is 1.11 bits per heavy atom. The minimum absolute atomic E-state index is 0.0000446. The van der Waals surface area contributed by atoms with E-state index in [1.54, 1.807) is 12.1 Å². The number of amides is 1. The maximum Gasteiger partial charge on any atom is 0.251 e. The molecule has 0 aliphatic heterocycles. The molecule has 1 amide bonds. The van der Waals surface area contributed by atoms with Crippen LogP contribution in [0.15, 0.2) is 30.4 Å². The molecule has 1 unspecified atom stereocenters. The molecule has 1 aromatic rings. The van der Waals surface area contributed by atoms with Gasteiger partial charge in [-0.15, -0.1) is 0 Å². The molecule has 0 heterocycles. The summed E-state index contributed by atoms with van der Waals surface area (Å²) in [4.78, 5) is 12.8. The summed E-state index contributed by atoms with van der Waals surface area (Å²) in [5.74, 6) is 3.33. The summed E-state index contributed by atoms with van der Waals surface area (Å²) in [5.41, 5.74) is 1.87. The lowest BCUT2D eigenvalue weighted by Gasteiger charge is -2.57. The third-order valence-electron chi connectivity index (χ3n) is 7.75. The Morgan fingerprint density at radius 2 is 1.81 bits per heavy atom. The lowest BCUT2D eigenvalue weighted by Crippen LogP contribution is -2.48. The van der Waals surface area contributed by atoms with Gasteiger partial charge >= 0.3 is 0 Å². The van der Waals surface area contributed by atoms with Crippen LogP contribution >= 0.6 is 0 Å². The molecule has 3 heteroatoms. The smallest absolute Gasteiger partial charge is 0.251 e. The van der Waals surface area contributed by atoms with E-state index in [0.717, 1.165) is 36.2 Å². The SMILES string of the molecule is O=C(NCC1C=CCCC1)c1ccc(O)c(C23CC4CC(CC(C4)C2)C3)c1. The standard InChI is InChI=1S/C24H31NO2/c26-22-7-6-20(23(27)25-15-16-4-2-1-3-5-16)11-21(22)24-12-17-8-18(13-24)10-19(9-17)14-24/h2,4,6-7,11,16-19,26H,1,3,5,8-10,12-15H2,(H,25,27). The Balaban J connectivity index is 1.36. The van der Waals surface area contributed by atoms with Crippen LogP contribution in [0.3, 0.4) is 0 Å². The summed E-state index contributed by atoms with van der Waals surface area (Å²) < 4.78 is 0. The van der Waals surface area contributed by atoms with Gasteiger partial charge in [-0.05, 0) is 105 Å². The number of nitrogens with one attached hydrogen (secondary N) is 1. The van der Waals surface area contributed by atoms with Crippen molar-refractivity contribution in [3.63, 3.8) is 0 Å². The van der Waals surface area contributed by atoms with Crippen molar-refractivity contribution >= 4 is 5.91 Å². The van der Waals surface area contributed by atoms with Crippen LogP contribution in [0.5, 0.6) is 5.75 Å². The molecule has 5 aliphatic rings. The normalized spacial score (nSPS) is 36.7. The molecule has 1 atom stereocenters. The first-order chi connectivity index (χ1) is 13.1. The van der Waals surface area contributed by atoms with Gasteiger partial charge in [-0.25, -0.2) is 0 Å². The number of phenols is 1. The average molecular weight is 366 g/mol. The third-order valence-corrected chi connectivity index (χ3v) is 7.75. The highest BCUT2D eigenvalue weighted by Crippen LogP contribution is 2.61. The van der Waals surface area contributed by atoms with Crippen LogP contribution in [0, 0.1) is 23.7 Å². The zero-order valence-corrected chi connectivity index (χ0v) is 16.1. The Hall–Kier alpha value is -1.77. The fourth-order valence-electron chi connectivity index (χ4n) is 6.92. The monoisotopic (exact) mass is 365 g/mol. The van der Waals surface area contributed by atoms with E-state index in [-0.39, 0.29) is 11.3 Å². The maximum absolute atomic E-state index is 12.8. The molecule has 0 radical (unpaired) electrons. The topological polar surface area (TPSA) is 49.3 Å². The van der Waals surface area contributed by atoms with E-state index >= 15 is 0 Å². The van der Waals surface area contributed by atoms with Crippen LogP contribution in [0.4, 0.5) is 0 Å². The van der Waals surface area contributed by atoms with Crippen molar-refractivity contribution in [1.82, 2.24) is 5.32 Å². The van der Waals surface area contributed by atoms with Gasteiger partial charge in [0.1, 0.15) is 5.75 Å². The molecule has 144 valence electrons. The molecule has 0 spiro atoms. The van der Waals surface area contributed by atoms with Gasteiger partial charge in [0.05, 0.1) is 0 Å². The molecule has 4 fully saturated rings. The molecular formula is C24H31NO2. The molecule has 27 heavy (non-hydrogen) atoms. The van der Waals surface area contributed by atoms with E-state index in [9.17, 15) is 9.90 Å². The van der Waals surface area contributed by atoms with Crippen molar-refractivity contribution in [3.8, 4) is 5.75 Å². The van der Waals surface area contributed by atoms with Crippen molar-refractivity contribution in [2.24, 2.45) is 23.7 Å². The molecule has 5 aliphatic carbocycles. The number of phenolic OH excluding ortho intramolecular Hbond substituents is 1. The van der Waals surface area contributed by atoms with Gasteiger partial charge in [-0.3, -0.25) is 4.79 Å². The zero-order valence-electron chi connectivity index (χ0n) is 16.1. The average Bonchev–Trinajstić information content (AvgIpc) is 2.66. The second-order valence-electron chi connectivity index (χ2n) is 9.76. The van der Waals surface area contributed by atoms with Crippen LogP contribution in [-0.4, -0.2) is 17.6 Å². The van der Waals surface area contributed by atoms with Crippen molar-refractivity contribution in [2.45, 2.75) is 63.2 Å². The summed E-state index contributed by atoms with van der Waals surface area (Å²) in [6, 6.07) is 5.54. The Morgan fingerprint density at radius 3 is 2.44 bits per heavy atom. The molecule has 0 saturated heterocycles. The largest absolute Gasteiger partial charge is 0.508 e. The highest BCUT2D eigenvalue weighted by molar-refractivity contribution is 5.94. The van der Waals surface area contributed by atoms with Gasteiger partial charge in [0.15, 0.2) is 0 Å². The lowest BCUT2D eigenvalue weighted by atomic mass is 9.48. The first kappa shape index (κ1) is 17.3. The van der Waals surface area contributed by atoms with Crippen LogP contribution in [0.25, 0.3) is 0 Å². The predicted molar refractivity (Wildman–Crippen MR) is 107 cm³/mol. The number of allylic oxidation sites excluding steroid dienone is 1. The van der Waals surface area contributed by atoms with Gasteiger partial charge < -0.3 is 10.4 Å². The maximum atomic E-state index is 12.8. The lowest BCUT2D eigenvalue weighted by molar-refractivity contribution is -0.00615. The number of aromatic hydroxyl groups is 1. The third kappa shape index (κ3) is 3.19. The highest BCUT2D eigenvalue weighted by Gasteiger charge is 2.52. The van der Waals surface area contributed by atoms with E-state index in [1.165, 1.54) is 44.9 Å². The van der Waals surface area contributed by atoms with E-state index in [4.69, 9.17) is 0 Å². The summed E-state index contributed by atoms with van der Waals surface area (Å²) in [7, 11) is 0. The zero-order chi connectivity index (χ0) is 18.4. The number of benzene rings is 1. The quantitative estimate of drug-likeness (QED) is 0.742. The second kappa shape index (κ2) is 6.68. The van der Waals surface area contributed by atoms with E-state index in [2.05, 4.69) is 17.5 Å². The molecule has 2 N–H and O–H groups in total.